The van der Waals surface area contributed by atoms with Crippen LogP contribution in [0.25, 0.3) is 0 Å². The van der Waals surface area contributed by atoms with E-state index in [4.69, 9.17) is 0 Å². The van der Waals surface area contributed by atoms with Gasteiger partial charge in [-0.15, -0.1) is 6.42 Å². The molecule has 9 heteroatoms. The molecular weight excluding hydrogens is 287 g/mol. The van der Waals surface area contributed by atoms with Crippen molar-refractivity contribution in [3.63, 3.8) is 0 Å². The number of hydrogen-bond acceptors (Lipinski definition) is 6. The van der Waals surface area contributed by atoms with E-state index in [0.29, 0.717) is 0 Å². The third-order valence-electron chi connectivity index (χ3n) is 3.15. The summed E-state index contributed by atoms with van der Waals surface area (Å²) in [5.41, 5.74) is 0. The van der Waals surface area contributed by atoms with Crippen molar-refractivity contribution in [2.75, 3.05) is 14.2 Å². The molecule has 7 nitrogen and oxygen atoms in total. The van der Waals surface area contributed by atoms with Crippen molar-refractivity contribution < 1.29 is 61.6 Å². The van der Waals surface area contributed by atoms with Crippen LogP contribution in [-0.4, -0.2) is 43.9 Å². The van der Waals surface area contributed by atoms with Gasteiger partial charge < -0.3 is 15.9 Å². The number of methoxy groups -OCH3 is 2. The molecule has 0 bridgehead atoms. The molecule has 0 amide bonds. The maximum Gasteiger partial charge on any atom is 1.00 e. The first-order valence-corrected chi connectivity index (χ1v) is 6.69. The Hall–Kier alpha value is -0.150. The molecule has 0 spiro atoms. The third kappa shape index (κ3) is 3.69. The molecule has 0 saturated heterocycles. The zero-order chi connectivity index (χ0) is 14.0. The van der Waals surface area contributed by atoms with Crippen LogP contribution in [0.3, 0.4) is 0 Å². The van der Waals surface area contributed by atoms with Crippen molar-refractivity contribution in [1.82, 2.24) is 0 Å². The van der Waals surface area contributed by atoms with E-state index < -0.39 is 32.7 Å². The Kier molecular flexibility index (Phi) is 6.97. The maximum atomic E-state index is 11.6. The van der Waals surface area contributed by atoms with Crippen molar-refractivity contribution in [2.45, 2.75) is 24.0 Å². The average molecular weight is 302 g/mol. The predicted octanol–water partition coefficient (Wildman–Crippen LogP) is -3.03. The molecule has 2 atom stereocenters. The molecule has 19 heavy (non-hydrogen) atoms. The summed E-state index contributed by atoms with van der Waals surface area (Å²) in [6, 6.07) is 0. The van der Waals surface area contributed by atoms with E-state index in [1.807, 2.05) is 0 Å². The Morgan fingerprint density at radius 3 is 2.21 bits per heavy atom. The Balaban J connectivity index is 0.00000324. The zero-order valence-corrected chi connectivity index (χ0v) is 13.9. The van der Waals surface area contributed by atoms with E-state index in [-0.39, 0.29) is 48.8 Å². The Bertz CT molecular complexity index is 437. The van der Waals surface area contributed by atoms with Crippen LogP contribution in [-0.2, 0) is 29.2 Å². The maximum absolute atomic E-state index is 11.6. The van der Waals surface area contributed by atoms with E-state index in [1.54, 1.807) is 0 Å². The molecule has 1 fully saturated rings. The smallest absolute Gasteiger partial charge is 0.471 e. The normalized spacial score (nSPS) is 27.0. The van der Waals surface area contributed by atoms with E-state index in [2.05, 4.69) is 9.47 Å². The van der Waals surface area contributed by atoms with Crippen LogP contribution in [0.1, 0.15) is 19.3 Å². The van der Waals surface area contributed by atoms with Gasteiger partial charge in [0.1, 0.15) is 0 Å². The SMILES string of the molecule is COC(=O)C1[CH-]CC(C(=O)OC)(S(=O)(=O)O)CC1.[Na+]. The van der Waals surface area contributed by atoms with Gasteiger partial charge in [-0.2, -0.15) is 8.42 Å². The summed E-state index contributed by atoms with van der Waals surface area (Å²) in [6.07, 6.45) is 0.995. The Morgan fingerprint density at radius 2 is 1.89 bits per heavy atom. The quantitative estimate of drug-likeness (QED) is 0.256. The van der Waals surface area contributed by atoms with Gasteiger partial charge in [0.25, 0.3) is 16.1 Å². The van der Waals surface area contributed by atoms with Gasteiger partial charge in [-0.1, -0.05) is 12.3 Å². The van der Waals surface area contributed by atoms with Gasteiger partial charge >= 0.3 is 35.5 Å². The minimum atomic E-state index is -4.61. The third-order valence-corrected chi connectivity index (χ3v) is 4.67. The molecule has 1 N–H and O–H groups in total. The van der Waals surface area contributed by atoms with Crippen molar-refractivity contribution in [2.24, 2.45) is 5.92 Å². The van der Waals surface area contributed by atoms with Gasteiger partial charge in [0.05, 0.1) is 14.2 Å². The summed E-state index contributed by atoms with van der Waals surface area (Å²) >= 11 is 0. The molecule has 1 aliphatic carbocycles. The second-order valence-electron chi connectivity index (χ2n) is 4.07. The first kappa shape index (κ1) is 18.9. The molecule has 0 aliphatic heterocycles. The molecule has 0 aromatic rings. The van der Waals surface area contributed by atoms with Gasteiger partial charge in [-0.25, -0.2) is 0 Å². The van der Waals surface area contributed by atoms with E-state index in [9.17, 15) is 22.6 Å². The molecule has 104 valence electrons. The first-order valence-electron chi connectivity index (χ1n) is 5.25. The summed E-state index contributed by atoms with van der Waals surface area (Å²) in [4.78, 5) is 22.9. The molecule has 2 unspecified atom stereocenters. The second kappa shape index (κ2) is 7.03. The molecule has 0 aromatic carbocycles. The number of hydrogen-bond donors (Lipinski definition) is 1. The van der Waals surface area contributed by atoms with Crippen LogP contribution in [0, 0.1) is 12.3 Å². The number of carbonyl (C=O) groups excluding carboxylic acids is 2. The van der Waals surface area contributed by atoms with Crippen molar-refractivity contribution >= 4 is 22.1 Å². The molecule has 0 heterocycles. The van der Waals surface area contributed by atoms with Gasteiger partial charge in [-0.05, 0) is 6.42 Å². The van der Waals surface area contributed by atoms with E-state index in [0.717, 1.165) is 7.11 Å². The number of carbonyl (C=O) groups is 2. The van der Waals surface area contributed by atoms with Crippen LogP contribution in [0.5, 0.6) is 0 Å². The largest absolute Gasteiger partial charge is 1.00 e. The van der Waals surface area contributed by atoms with Crippen LogP contribution in [0.15, 0.2) is 0 Å². The molecule has 0 aromatic heterocycles. The van der Waals surface area contributed by atoms with Crippen molar-refractivity contribution in [3.8, 4) is 0 Å². The zero-order valence-electron chi connectivity index (χ0n) is 11.1. The molecule has 0 radical (unpaired) electrons. The minimum Gasteiger partial charge on any atom is -0.471 e. The van der Waals surface area contributed by atoms with Crippen LogP contribution in [0.4, 0.5) is 0 Å². The molecule has 1 aliphatic rings. The number of esters is 2. The molecule has 1 rings (SSSR count). The predicted molar refractivity (Wildman–Crippen MR) is 60.0 cm³/mol. The van der Waals surface area contributed by atoms with Crippen molar-refractivity contribution in [3.05, 3.63) is 6.42 Å². The van der Waals surface area contributed by atoms with Gasteiger partial charge in [0, 0.05) is 0 Å². The fraction of sp³-hybridized carbons (Fsp3) is 0.700. The van der Waals surface area contributed by atoms with Gasteiger partial charge in [0.15, 0.2) is 4.75 Å². The van der Waals surface area contributed by atoms with E-state index >= 15 is 0 Å². The summed E-state index contributed by atoms with van der Waals surface area (Å²) in [5, 5.41) is 0. The summed E-state index contributed by atoms with van der Waals surface area (Å²) in [7, 11) is -2.35. The second-order valence-corrected chi connectivity index (χ2v) is 5.80. The molecular formula is C10H15NaO7S. The summed E-state index contributed by atoms with van der Waals surface area (Å²) in [5.74, 6) is -2.09. The summed E-state index contributed by atoms with van der Waals surface area (Å²) in [6.45, 7) is 0. The average Bonchev–Trinajstić information content (AvgIpc) is 2.35. The minimum absolute atomic E-state index is 0. The monoisotopic (exact) mass is 302 g/mol. The van der Waals surface area contributed by atoms with Crippen LogP contribution < -0.4 is 29.6 Å². The standard InChI is InChI=1S/C10H15O7S.Na/c1-16-8(11)7-3-5-10(6-4-7,9(12)17-2)18(13,14)15;/h3,7H,4-6H2,1-2H3,(H,13,14,15);/q-1;+1. The fourth-order valence-corrected chi connectivity index (χ4v) is 2.99. The van der Waals surface area contributed by atoms with Crippen LogP contribution in [0.2, 0.25) is 0 Å². The first-order chi connectivity index (χ1) is 8.28. The fourth-order valence-electron chi connectivity index (χ4n) is 2.02. The van der Waals surface area contributed by atoms with Gasteiger partial charge in [-0.3, -0.25) is 14.1 Å². The van der Waals surface area contributed by atoms with Gasteiger partial charge in [0.2, 0.25) is 0 Å². The number of rotatable bonds is 3. The van der Waals surface area contributed by atoms with Crippen molar-refractivity contribution in [1.29, 1.82) is 0 Å². The number of ether oxygens (including phenoxy) is 2. The summed E-state index contributed by atoms with van der Waals surface area (Å²) < 4.78 is 38.9. The van der Waals surface area contributed by atoms with E-state index in [1.165, 1.54) is 13.5 Å². The molecule has 1 saturated carbocycles. The Labute approximate surface area is 134 Å². The topological polar surface area (TPSA) is 107 Å². The Morgan fingerprint density at radius 1 is 1.32 bits per heavy atom. The van der Waals surface area contributed by atoms with Crippen LogP contribution >= 0.6 is 0 Å².